The van der Waals surface area contributed by atoms with Crippen molar-refractivity contribution in [3.05, 3.63) is 90.6 Å². The van der Waals surface area contributed by atoms with Crippen LogP contribution in [-0.4, -0.2) is 56.3 Å². The van der Waals surface area contributed by atoms with E-state index in [1.54, 1.807) is 12.3 Å². The van der Waals surface area contributed by atoms with Gasteiger partial charge in [0.05, 0.1) is 30.8 Å². The van der Waals surface area contributed by atoms with E-state index in [0.717, 1.165) is 22.5 Å². The number of ether oxygens (including phenoxy) is 1. The van der Waals surface area contributed by atoms with E-state index in [1.165, 1.54) is 12.0 Å². The number of alkyl halides is 3. The van der Waals surface area contributed by atoms with E-state index in [9.17, 15) is 18.0 Å². The summed E-state index contributed by atoms with van der Waals surface area (Å²) in [7, 11) is 1.34. The zero-order valence-corrected chi connectivity index (χ0v) is 24.7. The van der Waals surface area contributed by atoms with Crippen molar-refractivity contribution in [2.45, 2.75) is 44.4 Å². The molecule has 1 aliphatic rings. The number of nitrogen functional groups attached to an aromatic ring is 1. The van der Waals surface area contributed by atoms with E-state index in [4.69, 9.17) is 20.4 Å². The number of anilines is 1. The smallest absolute Gasteiger partial charge is 0.401 e. The van der Waals surface area contributed by atoms with Crippen molar-refractivity contribution >= 4 is 23.0 Å². The van der Waals surface area contributed by atoms with Crippen molar-refractivity contribution in [2.75, 3.05) is 19.4 Å². The van der Waals surface area contributed by atoms with E-state index in [0.29, 0.717) is 54.1 Å². The fourth-order valence-corrected chi connectivity index (χ4v) is 6.13. The molecule has 3 heterocycles. The van der Waals surface area contributed by atoms with Crippen molar-refractivity contribution < 1.29 is 22.7 Å². The van der Waals surface area contributed by atoms with Crippen LogP contribution in [0.1, 0.15) is 31.2 Å². The van der Waals surface area contributed by atoms with Crippen LogP contribution in [-0.2, 0) is 16.1 Å². The standard InChI is InChI=1S/C34H33F3N6O2/c1-45-33(44)24-11-15-25(16-12-24)42(21-34(35,36)37)20-22-9-13-26(14-10-22)43-31(27-8-5-19-39-30(27)38)41-29-18-17-28(40-32(29)43)23-6-3-2-4-7-23/h2-10,13-14,17-19,24-25H,11-12,15-16,20-21H2,1H3,(H2,38,39)/t24-,25+. The molecule has 0 amide bonds. The number of carbonyl (C=O) groups excluding carboxylic acids is 1. The van der Waals surface area contributed by atoms with Gasteiger partial charge in [-0.15, -0.1) is 0 Å². The minimum atomic E-state index is -4.35. The molecule has 2 aromatic carbocycles. The van der Waals surface area contributed by atoms with Gasteiger partial charge in [0.25, 0.3) is 0 Å². The Morgan fingerprint density at radius 3 is 2.36 bits per heavy atom. The van der Waals surface area contributed by atoms with Gasteiger partial charge in [0.1, 0.15) is 11.3 Å². The highest BCUT2D eigenvalue weighted by molar-refractivity contribution is 5.84. The van der Waals surface area contributed by atoms with Crippen LogP contribution in [0.4, 0.5) is 19.0 Å². The number of fused-ring (bicyclic) bond motifs is 1. The lowest BCUT2D eigenvalue weighted by atomic mass is 9.85. The molecule has 1 fully saturated rings. The number of nitrogens with zero attached hydrogens (tertiary/aromatic N) is 5. The first kappa shape index (κ1) is 30.3. The molecule has 45 heavy (non-hydrogen) atoms. The summed E-state index contributed by atoms with van der Waals surface area (Å²) in [6.45, 7) is -0.901. The summed E-state index contributed by atoms with van der Waals surface area (Å²) in [5, 5.41) is 0. The molecule has 0 radical (unpaired) electrons. The quantitative estimate of drug-likeness (QED) is 0.191. The van der Waals surface area contributed by atoms with Crippen LogP contribution in [0.2, 0.25) is 0 Å². The van der Waals surface area contributed by atoms with Gasteiger partial charge >= 0.3 is 12.1 Å². The number of esters is 1. The molecule has 0 bridgehead atoms. The van der Waals surface area contributed by atoms with Gasteiger partial charge in [-0.1, -0.05) is 42.5 Å². The molecule has 8 nitrogen and oxygen atoms in total. The zero-order valence-electron chi connectivity index (χ0n) is 24.7. The maximum absolute atomic E-state index is 13.7. The number of nitrogens with two attached hydrogens (primary N) is 1. The van der Waals surface area contributed by atoms with Crippen molar-refractivity contribution in [3.8, 4) is 28.3 Å². The fourth-order valence-electron chi connectivity index (χ4n) is 6.13. The average Bonchev–Trinajstić information content (AvgIpc) is 3.43. The molecule has 0 aliphatic heterocycles. The lowest BCUT2D eigenvalue weighted by Gasteiger charge is -2.36. The van der Waals surface area contributed by atoms with Crippen LogP contribution in [0.15, 0.2) is 85.1 Å². The van der Waals surface area contributed by atoms with Crippen LogP contribution >= 0.6 is 0 Å². The lowest BCUT2D eigenvalue weighted by Crippen LogP contribution is -2.43. The second-order valence-electron chi connectivity index (χ2n) is 11.3. The summed E-state index contributed by atoms with van der Waals surface area (Å²) in [6.07, 6.45) is -0.718. The number of carbonyl (C=O) groups is 1. The number of methoxy groups -OCH3 is 1. The van der Waals surface area contributed by atoms with Gasteiger partial charge in [-0.25, -0.2) is 15.0 Å². The second kappa shape index (κ2) is 12.7. The Morgan fingerprint density at radius 1 is 0.956 bits per heavy atom. The summed E-state index contributed by atoms with van der Waals surface area (Å²) >= 11 is 0. The third-order valence-corrected chi connectivity index (χ3v) is 8.36. The summed E-state index contributed by atoms with van der Waals surface area (Å²) in [6, 6.07) is 24.4. The Morgan fingerprint density at radius 2 is 1.69 bits per heavy atom. The highest BCUT2D eigenvalue weighted by Crippen LogP contribution is 2.34. The molecule has 0 spiro atoms. The van der Waals surface area contributed by atoms with E-state index in [1.807, 2.05) is 77.4 Å². The number of pyridine rings is 2. The summed E-state index contributed by atoms with van der Waals surface area (Å²) < 4.78 is 47.8. The van der Waals surface area contributed by atoms with Gasteiger partial charge in [-0.3, -0.25) is 14.3 Å². The molecule has 5 aromatic rings. The molecule has 0 atom stereocenters. The van der Waals surface area contributed by atoms with Gasteiger partial charge in [-0.2, -0.15) is 13.2 Å². The van der Waals surface area contributed by atoms with E-state index in [2.05, 4.69) is 4.98 Å². The monoisotopic (exact) mass is 614 g/mol. The third kappa shape index (κ3) is 6.68. The average molecular weight is 615 g/mol. The third-order valence-electron chi connectivity index (χ3n) is 8.36. The molecule has 3 aromatic heterocycles. The summed E-state index contributed by atoms with van der Waals surface area (Å²) in [4.78, 5) is 27.5. The van der Waals surface area contributed by atoms with Crippen molar-refractivity contribution in [1.82, 2.24) is 24.4 Å². The van der Waals surface area contributed by atoms with Crippen molar-refractivity contribution in [2.24, 2.45) is 5.92 Å². The largest absolute Gasteiger partial charge is 0.469 e. The maximum Gasteiger partial charge on any atom is 0.401 e. The number of aromatic nitrogens is 4. The molecule has 11 heteroatoms. The Hall–Kier alpha value is -4.77. The Labute approximate surface area is 258 Å². The first-order chi connectivity index (χ1) is 21.7. The predicted octanol–water partition coefficient (Wildman–Crippen LogP) is 6.83. The SMILES string of the molecule is COC(=O)[C@H]1CC[C@@H](N(Cc2ccc(-n3c(-c4cccnc4N)nc4ccc(-c5ccccc5)nc43)cc2)CC(F)(F)F)CC1. The minimum absolute atomic E-state index is 0.122. The Kier molecular flexibility index (Phi) is 8.53. The van der Waals surface area contributed by atoms with Crippen LogP contribution in [0.3, 0.4) is 0 Å². The molecule has 1 aliphatic carbocycles. The second-order valence-corrected chi connectivity index (χ2v) is 11.3. The number of halogens is 3. The normalized spacial score (nSPS) is 17.1. The summed E-state index contributed by atoms with van der Waals surface area (Å²) in [5.41, 5.74) is 11.4. The van der Waals surface area contributed by atoms with Crippen LogP contribution in [0.25, 0.3) is 39.5 Å². The molecule has 2 N–H and O–H groups in total. The highest BCUT2D eigenvalue weighted by Gasteiger charge is 2.36. The van der Waals surface area contributed by atoms with Gasteiger partial charge < -0.3 is 10.5 Å². The molecule has 0 unspecified atom stereocenters. The number of imidazole rings is 1. The van der Waals surface area contributed by atoms with Gasteiger partial charge in [0, 0.05) is 30.0 Å². The molecular weight excluding hydrogens is 581 g/mol. The van der Waals surface area contributed by atoms with Gasteiger partial charge in [0.2, 0.25) is 0 Å². The fraction of sp³-hybridized carbons (Fsp3) is 0.294. The van der Waals surface area contributed by atoms with Gasteiger partial charge in [-0.05, 0) is 67.6 Å². The molecular formula is C34H33F3N6O2. The maximum atomic E-state index is 13.7. The Balaban J connectivity index is 1.34. The first-order valence-electron chi connectivity index (χ1n) is 14.8. The first-order valence-corrected chi connectivity index (χ1v) is 14.8. The number of rotatable bonds is 8. The topological polar surface area (TPSA) is 99.2 Å². The van der Waals surface area contributed by atoms with Crippen molar-refractivity contribution in [3.63, 3.8) is 0 Å². The number of hydrogen-bond acceptors (Lipinski definition) is 7. The lowest BCUT2D eigenvalue weighted by molar-refractivity contribution is -0.157. The van der Waals surface area contributed by atoms with Crippen LogP contribution < -0.4 is 5.73 Å². The zero-order chi connectivity index (χ0) is 31.6. The Bertz CT molecular complexity index is 1780. The predicted molar refractivity (Wildman–Crippen MR) is 166 cm³/mol. The van der Waals surface area contributed by atoms with E-state index in [-0.39, 0.29) is 24.5 Å². The molecule has 6 rings (SSSR count). The van der Waals surface area contributed by atoms with Gasteiger partial charge in [0.15, 0.2) is 11.5 Å². The van der Waals surface area contributed by atoms with E-state index >= 15 is 0 Å². The van der Waals surface area contributed by atoms with Crippen LogP contribution in [0, 0.1) is 5.92 Å². The summed E-state index contributed by atoms with van der Waals surface area (Å²) in [5.74, 6) is 0.319. The van der Waals surface area contributed by atoms with Crippen LogP contribution in [0.5, 0.6) is 0 Å². The minimum Gasteiger partial charge on any atom is -0.469 e. The molecule has 0 saturated heterocycles. The van der Waals surface area contributed by atoms with Crippen molar-refractivity contribution in [1.29, 1.82) is 0 Å². The molecule has 232 valence electrons. The number of hydrogen-bond donors (Lipinski definition) is 1. The van der Waals surface area contributed by atoms with E-state index < -0.39 is 12.7 Å². The number of benzene rings is 2. The molecule has 1 saturated carbocycles. The highest BCUT2D eigenvalue weighted by atomic mass is 19.4.